The quantitative estimate of drug-likeness (QED) is 0.851. The number of rotatable bonds is 5. The fraction of sp³-hybridized carbons (Fsp3) is 0.538. The minimum Gasteiger partial charge on any atom is -0.392 e. The molecule has 1 aliphatic carbocycles. The summed E-state index contributed by atoms with van der Waals surface area (Å²) in [6, 6.07) is 2.54. The van der Waals surface area contributed by atoms with Crippen LogP contribution >= 0.6 is 23.2 Å². The average Bonchev–Trinajstić information content (AvgIpc) is 2.87. The van der Waals surface area contributed by atoms with E-state index in [2.05, 4.69) is 4.72 Å². The van der Waals surface area contributed by atoms with Crippen LogP contribution in [0.15, 0.2) is 17.0 Å². The molecule has 0 saturated heterocycles. The lowest BCUT2D eigenvalue weighted by molar-refractivity contribution is 0.107. The summed E-state index contributed by atoms with van der Waals surface area (Å²) in [4.78, 5) is -0.110. The maximum absolute atomic E-state index is 12.4. The van der Waals surface area contributed by atoms with Crippen LogP contribution in [-0.4, -0.2) is 32.8 Å². The maximum atomic E-state index is 12.4. The number of hydrogen-bond acceptors (Lipinski definition) is 4. The standard InChI is InChI=1S/C13H17Cl2NO4S/c1-20-11-3-2-10(6-11)16-21(18,19)12-5-9(14)4-8(7-17)13(12)15/h4-5,10-11,16-17H,2-3,6-7H2,1H3. The number of sulfonamides is 1. The van der Waals surface area contributed by atoms with Gasteiger partial charge in [0, 0.05) is 18.2 Å². The van der Waals surface area contributed by atoms with Gasteiger partial charge in [0.1, 0.15) is 4.90 Å². The highest BCUT2D eigenvalue weighted by Gasteiger charge is 2.30. The van der Waals surface area contributed by atoms with Crippen molar-refractivity contribution >= 4 is 33.2 Å². The zero-order chi connectivity index (χ0) is 15.6. The van der Waals surface area contributed by atoms with Gasteiger partial charge in [-0.3, -0.25) is 0 Å². The Bertz CT molecular complexity index is 621. The molecule has 0 bridgehead atoms. The van der Waals surface area contributed by atoms with Gasteiger partial charge >= 0.3 is 0 Å². The predicted molar refractivity (Wildman–Crippen MR) is 81.1 cm³/mol. The van der Waals surface area contributed by atoms with Crippen LogP contribution in [0.3, 0.4) is 0 Å². The Balaban J connectivity index is 2.26. The molecule has 2 atom stereocenters. The second-order valence-electron chi connectivity index (χ2n) is 5.02. The lowest BCUT2D eigenvalue weighted by atomic mass is 10.2. The van der Waals surface area contributed by atoms with Gasteiger partial charge in [-0.1, -0.05) is 23.2 Å². The summed E-state index contributed by atoms with van der Waals surface area (Å²) >= 11 is 11.9. The van der Waals surface area contributed by atoms with Crippen LogP contribution < -0.4 is 4.72 Å². The van der Waals surface area contributed by atoms with E-state index in [0.29, 0.717) is 12.8 Å². The largest absolute Gasteiger partial charge is 0.392 e. The first-order chi connectivity index (χ1) is 9.87. The van der Waals surface area contributed by atoms with Crippen LogP contribution in [0.1, 0.15) is 24.8 Å². The predicted octanol–water partition coefficient (Wildman–Crippen LogP) is 2.33. The molecule has 0 spiro atoms. The number of ether oxygens (including phenoxy) is 1. The molecule has 1 aliphatic rings. The average molecular weight is 354 g/mol. The molecule has 0 radical (unpaired) electrons. The van der Waals surface area contributed by atoms with E-state index in [-0.39, 0.29) is 39.3 Å². The van der Waals surface area contributed by atoms with Crippen molar-refractivity contribution in [3.63, 3.8) is 0 Å². The smallest absolute Gasteiger partial charge is 0.242 e. The van der Waals surface area contributed by atoms with E-state index in [0.717, 1.165) is 6.42 Å². The van der Waals surface area contributed by atoms with Crippen LogP contribution in [0.2, 0.25) is 10.0 Å². The molecule has 118 valence electrons. The Kier molecular flexibility index (Phi) is 5.51. The first kappa shape index (κ1) is 17.0. The lowest BCUT2D eigenvalue weighted by Gasteiger charge is -2.15. The first-order valence-corrected chi connectivity index (χ1v) is 8.75. The maximum Gasteiger partial charge on any atom is 0.242 e. The fourth-order valence-electron chi connectivity index (χ4n) is 2.47. The number of methoxy groups -OCH3 is 1. The highest BCUT2D eigenvalue weighted by Crippen LogP contribution is 2.31. The highest BCUT2D eigenvalue weighted by atomic mass is 35.5. The number of aliphatic hydroxyl groups excluding tert-OH is 1. The van der Waals surface area contributed by atoms with E-state index in [4.69, 9.17) is 27.9 Å². The summed E-state index contributed by atoms with van der Waals surface area (Å²) in [5, 5.41) is 9.42. The topological polar surface area (TPSA) is 75.6 Å². The van der Waals surface area contributed by atoms with E-state index >= 15 is 0 Å². The van der Waals surface area contributed by atoms with Crippen molar-refractivity contribution in [2.24, 2.45) is 0 Å². The summed E-state index contributed by atoms with van der Waals surface area (Å²) in [5.41, 5.74) is 0.283. The number of halogens is 2. The van der Waals surface area contributed by atoms with Gasteiger partial charge in [0.15, 0.2) is 0 Å². The molecule has 1 saturated carbocycles. The lowest BCUT2D eigenvalue weighted by Crippen LogP contribution is -2.33. The molecule has 2 N–H and O–H groups in total. The molecular weight excluding hydrogens is 337 g/mol. The third-order valence-electron chi connectivity index (χ3n) is 3.58. The van der Waals surface area contributed by atoms with Crippen molar-refractivity contribution in [3.05, 3.63) is 27.7 Å². The van der Waals surface area contributed by atoms with Crippen molar-refractivity contribution in [1.82, 2.24) is 4.72 Å². The van der Waals surface area contributed by atoms with Crippen LogP contribution in [0.25, 0.3) is 0 Å². The van der Waals surface area contributed by atoms with Gasteiger partial charge in [0.2, 0.25) is 10.0 Å². The van der Waals surface area contributed by atoms with Crippen LogP contribution in [-0.2, 0) is 21.4 Å². The second kappa shape index (κ2) is 6.81. The zero-order valence-electron chi connectivity index (χ0n) is 11.5. The molecule has 0 heterocycles. The summed E-state index contributed by atoms with van der Waals surface area (Å²) in [5.74, 6) is 0. The number of benzene rings is 1. The van der Waals surface area contributed by atoms with E-state index in [1.54, 1.807) is 7.11 Å². The van der Waals surface area contributed by atoms with Gasteiger partial charge in [-0.05, 0) is 37.0 Å². The van der Waals surface area contributed by atoms with Crippen molar-refractivity contribution in [3.8, 4) is 0 Å². The normalized spacial score (nSPS) is 22.7. The number of aliphatic hydroxyl groups is 1. The minimum atomic E-state index is -3.79. The first-order valence-electron chi connectivity index (χ1n) is 6.51. The van der Waals surface area contributed by atoms with Gasteiger partial charge in [0.25, 0.3) is 0 Å². The van der Waals surface area contributed by atoms with Crippen LogP contribution in [0.5, 0.6) is 0 Å². The third kappa shape index (κ3) is 3.88. The minimum absolute atomic E-state index is 0.00399. The Labute approximate surface area is 134 Å². The van der Waals surface area contributed by atoms with E-state index < -0.39 is 10.0 Å². The third-order valence-corrected chi connectivity index (χ3v) is 5.90. The molecule has 21 heavy (non-hydrogen) atoms. The zero-order valence-corrected chi connectivity index (χ0v) is 13.8. The molecule has 2 unspecified atom stereocenters. The van der Waals surface area contributed by atoms with Gasteiger partial charge in [-0.15, -0.1) is 0 Å². The Hall–Kier alpha value is -0.370. The van der Waals surface area contributed by atoms with Gasteiger partial charge in [-0.25, -0.2) is 13.1 Å². The summed E-state index contributed by atoms with van der Waals surface area (Å²) in [6.45, 7) is -0.378. The second-order valence-corrected chi connectivity index (χ2v) is 7.52. The molecule has 1 aromatic rings. The number of nitrogens with one attached hydrogen (secondary N) is 1. The molecule has 1 aromatic carbocycles. The molecular formula is C13H17Cl2NO4S. The molecule has 1 fully saturated rings. The molecule has 8 heteroatoms. The molecule has 5 nitrogen and oxygen atoms in total. The SMILES string of the molecule is COC1CCC(NS(=O)(=O)c2cc(Cl)cc(CO)c2Cl)C1. The van der Waals surface area contributed by atoms with E-state index in [1.807, 2.05) is 0 Å². The van der Waals surface area contributed by atoms with Crippen molar-refractivity contribution in [1.29, 1.82) is 0 Å². The highest BCUT2D eigenvalue weighted by molar-refractivity contribution is 7.89. The molecule has 0 aliphatic heterocycles. The monoisotopic (exact) mass is 353 g/mol. The fourth-order valence-corrected chi connectivity index (χ4v) is 4.68. The summed E-state index contributed by atoms with van der Waals surface area (Å²) in [7, 11) is -2.18. The summed E-state index contributed by atoms with van der Waals surface area (Å²) in [6.07, 6.45) is 2.22. The Morgan fingerprint density at radius 3 is 2.67 bits per heavy atom. The molecule has 0 amide bonds. The van der Waals surface area contributed by atoms with Gasteiger partial charge in [0.05, 0.1) is 17.7 Å². The molecule has 2 rings (SSSR count). The Morgan fingerprint density at radius 1 is 1.38 bits per heavy atom. The van der Waals surface area contributed by atoms with E-state index in [1.165, 1.54) is 12.1 Å². The van der Waals surface area contributed by atoms with Crippen LogP contribution in [0.4, 0.5) is 0 Å². The molecule has 0 aromatic heterocycles. The van der Waals surface area contributed by atoms with Crippen LogP contribution in [0, 0.1) is 0 Å². The van der Waals surface area contributed by atoms with Crippen molar-refractivity contribution in [2.75, 3.05) is 7.11 Å². The van der Waals surface area contributed by atoms with Crippen molar-refractivity contribution < 1.29 is 18.3 Å². The summed E-state index contributed by atoms with van der Waals surface area (Å²) < 4.78 is 32.7. The van der Waals surface area contributed by atoms with Gasteiger partial charge in [-0.2, -0.15) is 0 Å². The number of hydrogen-bond donors (Lipinski definition) is 2. The Morgan fingerprint density at radius 2 is 2.10 bits per heavy atom. The van der Waals surface area contributed by atoms with Crippen molar-refractivity contribution in [2.45, 2.75) is 42.9 Å². The van der Waals surface area contributed by atoms with Gasteiger partial charge < -0.3 is 9.84 Å². The van der Waals surface area contributed by atoms with E-state index in [9.17, 15) is 13.5 Å².